The van der Waals surface area contributed by atoms with Crippen LogP contribution in [0.5, 0.6) is 0 Å². The van der Waals surface area contributed by atoms with E-state index >= 15 is 0 Å². The minimum Gasteiger partial charge on any atom is -0.0651 e. The van der Waals surface area contributed by atoms with E-state index in [2.05, 4.69) is 51.1 Å². The lowest BCUT2D eigenvalue weighted by molar-refractivity contribution is 0.452. The van der Waals surface area contributed by atoms with Gasteiger partial charge in [-0.25, -0.2) is 0 Å². The van der Waals surface area contributed by atoms with E-state index in [9.17, 15) is 0 Å². The van der Waals surface area contributed by atoms with Crippen LogP contribution in [0.15, 0.2) is 30.3 Å². The van der Waals surface area contributed by atoms with Crippen LogP contribution in [-0.4, -0.2) is 0 Å². The van der Waals surface area contributed by atoms with Crippen molar-refractivity contribution >= 4 is 10.8 Å². The van der Waals surface area contributed by atoms with Crippen molar-refractivity contribution in [2.75, 3.05) is 0 Å². The van der Waals surface area contributed by atoms with Gasteiger partial charge in [0, 0.05) is 0 Å². The summed E-state index contributed by atoms with van der Waals surface area (Å²) in [5.41, 5.74) is 4.88. The van der Waals surface area contributed by atoms with Gasteiger partial charge in [-0.15, -0.1) is 0 Å². The first-order valence-electron chi connectivity index (χ1n) is 8.28. The molecule has 1 fully saturated rings. The van der Waals surface area contributed by atoms with E-state index in [4.69, 9.17) is 0 Å². The Morgan fingerprint density at radius 3 is 2.45 bits per heavy atom. The Kier molecular flexibility index (Phi) is 2.70. The highest BCUT2D eigenvalue weighted by Crippen LogP contribution is 2.62. The van der Waals surface area contributed by atoms with Crippen LogP contribution in [0.25, 0.3) is 10.8 Å². The molecule has 2 aromatic rings. The molecule has 104 valence electrons. The SMILES string of the molecule is CCC1CC(CC)C2c3c(C)ccc4cccc(c34)C12. The van der Waals surface area contributed by atoms with Crippen molar-refractivity contribution < 1.29 is 0 Å². The average molecular weight is 264 g/mol. The molecule has 2 aromatic carbocycles. The smallest absolute Gasteiger partial charge is 0.00530 e. The third kappa shape index (κ3) is 1.43. The third-order valence-electron chi connectivity index (χ3n) is 6.09. The van der Waals surface area contributed by atoms with Crippen molar-refractivity contribution in [1.82, 2.24) is 0 Å². The fraction of sp³-hybridized carbons (Fsp3) is 0.500. The molecule has 2 aliphatic carbocycles. The van der Waals surface area contributed by atoms with Crippen LogP contribution in [0.2, 0.25) is 0 Å². The predicted octanol–water partition coefficient (Wildman–Crippen LogP) is 5.79. The highest BCUT2D eigenvalue weighted by molar-refractivity contribution is 5.93. The third-order valence-corrected chi connectivity index (χ3v) is 6.09. The zero-order valence-electron chi connectivity index (χ0n) is 12.8. The first kappa shape index (κ1) is 12.4. The second-order valence-corrected chi connectivity index (χ2v) is 6.87. The Balaban J connectivity index is 2.02. The predicted molar refractivity (Wildman–Crippen MR) is 86.3 cm³/mol. The second kappa shape index (κ2) is 4.35. The van der Waals surface area contributed by atoms with E-state index in [-0.39, 0.29) is 0 Å². The van der Waals surface area contributed by atoms with Crippen LogP contribution in [0.1, 0.15) is 61.6 Å². The van der Waals surface area contributed by atoms with E-state index in [1.165, 1.54) is 30.2 Å². The van der Waals surface area contributed by atoms with Crippen LogP contribution in [0, 0.1) is 18.8 Å². The maximum absolute atomic E-state index is 2.41. The zero-order valence-corrected chi connectivity index (χ0v) is 12.8. The standard InChI is InChI=1S/C20H24/c1-4-13-11-14(5-2)20-17-12(3)9-10-15-7-6-8-16(18(13)20)19(15)17/h6-10,13-14,18,20H,4-5,11H2,1-3H3. The van der Waals surface area contributed by atoms with Crippen LogP contribution in [-0.2, 0) is 0 Å². The average Bonchev–Trinajstić information content (AvgIpc) is 3.00. The second-order valence-electron chi connectivity index (χ2n) is 6.87. The Labute approximate surface area is 122 Å². The summed E-state index contributed by atoms with van der Waals surface area (Å²) < 4.78 is 0. The summed E-state index contributed by atoms with van der Waals surface area (Å²) in [5.74, 6) is 3.37. The topological polar surface area (TPSA) is 0 Å². The molecule has 0 aromatic heterocycles. The number of rotatable bonds is 2. The summed E-state index contributed by atoms with van der Waals surface area (Å²) in [4.78, 5) is 0. The molecule has 2 aliphatic rings. The van der Waals surface area contributed by atoms with Crippen molar-refractivity contribution in [3.05, 3.63) is 47.0 Å². The normalized spacial score (nSPS) is 30.9. The first-order chi connectivity index (χ1) is 9.76. The van der Waals surface area contributed by atoms with Gasteiger partial charge in [-0.1, -0.05) is 57.0 Å². The molecule has 4 rings (SSSR count). The van der Waals surface area contributed by atoms with Gasteiger partial charge in [0.25, 0.3) is 0 Å². The maximum Gasteiger partial charge on any atom is -0.00530 e. The molecule has 0 heteroatoms. The number of hydrogen-bond acceptors (Lipinski definition) is 0. The molecule has 0 N–H and O–H groups in total. The Morgan fingerprint density at radius 2 is 1.70 bits per heavy atom. The van der Waals surface area contributed by atoms with Crippen molar-refractivity contribution in [2.24, 2.45) is 11.8 Å². The highest BCUT2D eigenvalue weighted by atomic mass is 14.5. The van der Waals surface area contributed by atoms with Crippen molar-refractivity contribution in [3.63, 3.8) is 0 Å². The maximum atomic E-state index is 2.41. The van der Waals surface area contributed by atoms with Gasteiger partial charge in [0.15, 0.2) is 0 Å². The van der Waals surface area contributed by atoms with Crippen LogP contribution < -0.4 is 0 Å². The molecule has 0 spiro atoms. The zero-order chi connectivity index (χ0) is 13.9. The lowest BCUT2D eigenvalue weighted by Crippen LogP contribution is -2.09. The van der Waals surface area contributed by atoms with Gasteiger partial charge in [-0.2, -0.15) is 0 Å². The molecule has 0 nitrogen and oxygen atoms in total. The monoisotopic (exact) mass is 264 g/mol. The largest absolute Gasteiger partial charge is 0.0651 e. The van der Waals surface area contributed by atoms with Crippen molar-refractivity contribution in [1.29, 1.82) is 0 Å². The molecular formula is C20H24. The molecule has 0 aliphatic heterocycles. The summed E-state index contributed by atoms with van der Waals surface area (Å²) in [5, 5.41) is 3.07. The fourth-order valence-electron chi connectivity index (χ4n) is 5.22. The van der Waals surface area contributed by atoms with Crippen molar-refractivity contribution in [3.8, 4) is 0 Å². The fourth-order valence-corrected chi connectivity index (χ4v) is 5.22. The molecule has 0 radical (unpaired) electrons. The van der Waals surface area contributed by atoms with E-state index in [1.807, 2.05) is 0 Å². The van der Waals surface area contributed by atoms with Gasteiger partial charge < -0.3 is 0 Å². The molecule has 0 bridgehead atoms. The van der Waals surface area contributed by atoms with Crippen LogP contribution >= 0.6 is 0 Å². The summed E-state index contributed by atoms with van der Waals surface area (Å²) in [6.07, 6.45) is 4.11. The Morgan fingerprint density at radius 1 is 0.950 bits per heavy atom. The number of fused-ring (bicyclic) bond motifs is 3. The van der Waals surface area contributed by atoms with Gasteiger partial charge in [0.2, 0.25) is 0 Å². The minimum atomic E-state index is 0.796. The number of benzene rings is 2. The first-order valence-corrected chi connectivity index (χ1v) is 8.28. The molecule has 0 saturated heterocycles. The molecule has 4 atom stereocenters. The van der Waals surface area contributed by atoms with Gasteiger partial charge in [-0.3, -0.25) is 0 Å². The molecule has 0 heterocycles. The lowest BCUT2D eigenvalue weighted by Gasteiger charge is -2.21. The highest BCUT2D eigenvalue weighted by Gasteiger charge is 2.48. The van der Waals surface area contributed by atoms with E-state index < -0.39 is 0 Å². The Hall–Kier alpha value is -1.30. The van der Waals surface area contributed by atoms with Crippen LogP contribution in [0.3, 0.4) is 0 Å². The van der Waals surface area contributed by atoms with E-state index in [0.717, 1.165) is 23.7 Å². The van der Waals surface area contributed by atoms with Crippen LogP contribution in [0.4, 0.5) is 0 Å². The summed E-state index contributed by atoms with van der Waals surface area (Å²) >= 11 is 0. The van der Waals surface area contributed by atoms with Gasteiger partial charge >= 0.3 is 0 Å². The van der Waals surface area contributed by atoms with Gasteiger partial charge in [0.1, 0.15) is 0 Å². The summed E-state index contributed by atoms with van der Waals surface area (Å²) in [6, 6.07) is 11.6. The van der Waals surface area contributed by atoms with E-state index in [1.54, 1.807) is 16.5 Å². The van der Waals surface area contributed by atoms with Gasteiger partial charge in [-0.05, 0) is 64.5 Å². The Bertz CT molecular complexity index is 667. The number of aryl methyl sites for hydroxylation is 1. The van der Waals surface area contributed by atoms with E-state index in [0.29, 0.717) is 0 Å². The lowest BCUT2D eigenvalue weighted by atomic mass is 9.82. The van der Waals surface area contributed by atoms with Gasteiger partial charge in [0.05, 0.1) is 0 Å². The summed E-state index contributed by atoms with van der Waals surface area (Å²) in [7, 11) is 0. The quantitative estimate of drug-likeness (QED) is 0.644. The molecule has 0 amide bonds. The van der Waals surface area contributed by atoms with Crippen molar-refractivity contribution in [2.45, 2.75) is 51.9 Å². The number of hydrogen-bond donors (Lipinski definition) is 0. The minimum absolute atomic E-state index is 0.796. The molecule has 20 heavy (non-hydrogen) atoms. The summed E-state index contributed by atoms with van der Waals surface area (Å²) in [6.45, 7) is 7.09. The molecule has 4 unspecified atom stereocenters. The molecule has 1 saturated carbocycles. The molecular weight excluding hydrogens is 240 g/mol.